The Morgan fingerprint density at radius 3 is 2.34 bits per heavy atom. The molecule has 2 aliphatic heterocycles. The predicted octanol–water partition coefficient (Wildman–Crippen LogP) is 1.41. The van der Waals surface area contributed by atoms with Crippen LogP contribution in [-0.4, -0.2) is 86.7 Å². The molecule has 2 aliphatic rings. The summed E-state index contributed by atoms with van der Waals surface area (Å²) in [6, 6.07) is 10.1. The molecule has 7 nitrogen and oxygen atoms in total. The first-order valence-electron chi connectivity index (χ1n) is 10.4. The van der Waals surface area contributed by atoms with Crippen LogP contribution < -0.4 is 0 Å². The number of nitrogens with zero attached hydrogens (tertiary/aromatic N) is 3. The van der Waals surface area contributed by atoms with Crippen molar-refractivity contribution in [1.82, 2.24) is 14.1 Å². The highest BCUT2D eigenvalue weighted by Gasteiger charge is 2.33. The molecule has 0 aliphatic carbocycles. The third-order valence-corrected chi connectivity index (χ3v) is 7.21. The number of ether oxygens (including phenoxy) is 1. The lowest BCUT2D eigenvalue weighted by Gasteiger charge is -2.38. The van der Waals surface area contributed by atoms with Gasteiger partial charge in [0, 0.05) is 51.2 Å². The van der Waals surface area contributed by atoms with Gasteiger partial charge in [-0.05, 0) is 25.3 Å². The summed E-state index contributed by atoms with van der Waals surface area (Å²) in [5.41, 5.74) is 1.11. The molecular formula is C21H33N3O4S. The highest BCUT2D eigenvalue weighted by molar-refractivity contribution is 7.88. The van der Waals surface area contributed by atoms with Crippen molar-refractivity contribution in [3.63, 3.8) is 0 Å². The van der Waals surface area contributed by atoms with Gasteiger partial charge < -0.3 is 9.64 Å². The molecule has 29 heavy (non-hydrogen) atoms. The number of morpholine rings is 1. The Morgan fingerprint density at radius 1 is 1.14 bits per heavy atom. The summed E-state index contributed by atoms with van der Waals surface area (Å²) in [7, 11) is -3.19. The summed E-state index contributed by atoms with van der Waals surface area (Å²) in [4.78, 5) is 17.8. The minimum atomic E-state index is -3.19. The quantitative estimate of drug-likeness (QED) is 0.663. The first kappa shape index (κ1) is 22.2. The van der Waals surface area contributed by atoms with Gasteiger partial charge in [-0.1, -0.05) is 30.3 Å². The molecule has 1 unspecified atom stereocenters. The van der Waals surface area contributed by atoms with Gasteiger partial charge in [-0.3, -0.25) is 9.69 Å². The zero-order valence-corrected chi connectivity index (χ0v) is 18.3. The second kappa shape index (κ2) is 10.0. The number of amides is 1. The summed E-state index contributed by atoms with van der Waals surface area (Å²) < 4.78 is 30.5. The Labute approximate surface area is 174 Å². The van der Waals surface area contributed by atoms with Crippen molar-refractivity contribution < 1.29 is 17.9 Å². The maximum absolute atomic E-state index is 13.5. The number of hydrogen-bond acceptors (Lipinski definition) is 5. The van der Waals surface area contributed by atoms with E-state index in [4.69, 9.17) is 4.74 Å². The normalized spacial score (nSPS) is 21.0. The van der Waals surface area contributed by atoms with Crippen molar-refractivity contribution in [1.29, 1.82) is 0 Å². The number of carbonyl (C=O) groups is 1. The lowest BCUT2D eigenvalue weighted by atomic mass is 9.95. The molecule has 1 atom stereocenters. The third kappa shape index (κ3) is 6.25. The molecule has 162 valence electrons. The first-order chi connectivity index (χ1) is 13.8. The van der Waals surface area contributed by atoms with Crippen LogP contribution >= 0.6 is 0 Å². The van der Waals surface area contributed by atoms with Gasteiger partial charge in [0.05, 0.1) is 19.5 Å². The summed E-state index contributed by atoms with van der Waals surface area (Å²) in [6.45, 7) is 7.63. The van der Waals surface area contributed by atoms with Crippen LogP contribution in [0.25, 0.3) is 0 Å². The van der Waals surface area contributed by atoms with Gasteiger partial charge in [0.2, 0.25) is 15.9 Å². The molecule has 3 rings (SSSR count). The molecule has 2 fully saturated rings. The van der Waals surface area contributed by atoms with Crippen LogP contribution in [0, 0.1) is 5.92 Å². The molecule has 0 aromatic heterocycles. The Morgan fingerprint density at radius 2 is 1.76 bits per heavy atom. The number of piperidine rings is 1. The number of rotatable bonds is 7. The van der Waals surface area contributed by atoms with Crippen LogP contribution in [0.1, 0.15) is 25.3 Å². The Balaban J connectivity index is 1.69. The van der Waals surface area contributed by atoms with Crippen molar-refractivity contribution in [3.8, 4) is 0 Å². The molecule has 0 radical (unpaired) electrons. The van der Waals surface area contributed by atoms with Gasteiger partial charge in [-0.25, -0.2) is 12.7 Å². The second-order valence-corrected chi connectivity index (χ2v) is 10.1. The zero-order chi connectivity index (χ0) is 20.9. The molecule has 8 heteroatoms. The molecule has 1 aromatic carbocycles. The Hall–Kier alpha value is -1.48. The van der Waals surface area contributed by atoms with E-state index >= 15 is 0 Å². The standard InChI is InChI=1S/C21H33N3O4S/c1-18(16-22-12-14-28-15-13-22)24(17-19-6-4-3-5-7-19)21(25)20-8-10-23(11-9-20)29(2,26)27/h3-7,18,20H,8-17H2,1-2H3. The Kier molecular flexibility index (Phi) is 7.67. The maximum Gasteiger partial charge on any atom is 0.226 e. The van der Waals surface area contributed by atoms with Gasteiger partial charge in [0.15, 0.2) is 0 Å². The van der Waals surface area contributed by atoms with E-state index in [2.05, 4.69) is 11.8 Å². The highest BCUT2D eigenvalue weighted by Crippen LogP contribution is 2.24. The van der Waals surface area contributed by atoms with Gasteiger partial charge in [-0.2, -0.15) is 0 Å². The van der Waals surface area contributed by atoms with Crippen LogP contribution in [0.3, 0.4) is 0 Å². The van der Waals surface area contributed by atoms with Gasteiger partial charge in [0.25, 0.3) is 0 Å². The third-order valence-electron chi connectivity index (χ3n) is 5.91. The summed E-state index contributed by atoms with van der Waals surface area (Å²) >= 11 is 0. The van der Waals surface area contributed by atoms with Crippen molar-refractivity contribution in [2.75, 3.05) is 52.2 Å². The maximum atomic E-state index is 13.5. The van der Waals surface area contributed by atoms with E-state index in [-0.39, 0.29) is 17.9 Å². The van der Waals surface area contributed by atoms with Crippen molar-refractivity contribution in [3.05, 3.63) is 35.9 Å². The Bertz CT molecular complexity index is 757. The predicted molar refractivity (Wildman–Crippen MR) is 113 cm³/mol. The van der Waals surface area contributed by atoms with Crippen LogP contribution in [0.15, 0.2) is 30.3 Å². The van der Waals surface area contributed by atoms with Crippen molar-refractivity contribution in [2.45, 2.75) is 32.4 Å². The van der Waals surface area contributed by atoms with E-state index in [1.54, 1.807) is 0 Å². The average molecular weight is 424 g/mol. The molecule has 2 saturated heterocycles. The van der Waals surface area contributed by atoms with Crippen LogP contribution in [0.2, 0.25) is 0 Å². The average Bonchev–Trinajstić information content (AvgIpc) is 2.72. The lowest BCUT2D eigenvalue weighted by Crippen LogP contribution is -2.51. The number of carbonyl (C=O) groups excluding carboxylic acids is 1. The zero-order valence-electron chi connectivity index (χ0n) is 17.5. The fourth-order valence-electron chi connectivity index (χ4n) is 4.16. The molecule has 0 spiro atoms. The molecule has 1 amide bonds. The summed E-state index contributed by atoms with van der Waals surface area (Å²) in [5.74, 6) is 0.0200. The van der Waals surface area contributed by atoms with E-state index < -0.39 is 10.0 Å². The van der Waals surface area contributed by atoms with Crippen molar-refractivity contribution >= 4 is 15.9 Å². The summed E-state index contributed by atoms with van der Waals surface area (Å²) in [5, 5.41) is 0. The highest BCUT2D eigenvalue weighted by atomic mass is 32.2. The van der Waals surface area contributed by atoms with E-state index in [0.717, 1.165) is 38.4 Å². The van der Waals surface area contributed by atoms with Crippen LogP contribution in [0.4, 0.5) is 0 Å². The first-order valence-corrected chi connectivity index (χ1v) is 12.3. The number of sulfonamides is 1. The monoisotopic (exact) mass is 423 g/mol. The fraction of sp³-hybridized carbons (Fsp3) is 0.667. The smallest absolute Gasteiger partial charge is 0.226 e. The van der Waals surface area contributed by atoms with Gasteiger partial charge in [-0.15, -0.1) is 0 Å². The molecule has 1 aromatic rings. The van der Waals surface area contributed by atoms with E-state index in [9.17, 15) is 13.2 Å². The SMILES string of the molecule is CC(CN1CCOCC1)N(Cc1ccccc1)C(=O)C1CCN(S(C)(=O)=O)CC1. The topological polar surface area (TPSA) is 70.2 Å². The molecule has 0 saturated carbocycles. The van der Waals surface area contributed by atoms with E-state index in [1.165, 1.54) is 10.6 Å². The van der Waals surface area contributed by atoms with Crippen LogP contribution in [-0.2, 0) is 26.1 Å². The number of hydrogen-bond donors (Lipinski definition) is 0. The van der Waals surface area contributed by atoms with E-state index in [1.807, 2.05) is 35.2 Å². The van der Waals surface area contributed by atoms with Gasteiger partial charge in [0.1, 0.15) is 0 Å². The minimum Gasteiger partial charge on any atom is -0.379 e. The summed E-state index contributed by atoms with van der Waals surface area (Å²) in [6.07, 6.45) is 2.41. The molecule has 2 heterocycles. The largest absolute Gasteiger partial charge is 0.379 e. The molecule has 0 N–H and O–H groups in total. The fourth-order valence-corrected chi connectivity index (χ4v) is 5.03. The second-order valence-electron chi connectivity index (χ2n) is 8.15. The van der Waals surface area contributed by atoms with Crippen LogP contribution in [0.5, 0.6) is 0 Å². The minimum absolute atomic E-state index is 0.0775. The molecular weight excluding hydrogens is 390 g/mol. The van der Waals surface area contributed by atoms with Crippen molar-refractivity contribution in [2.24, 2.45) is 5.92 Å². The lowest BCUT2D eigenvalue weighted by molar-refractivity contribution is -0.140. The van der Waals surface area contributed by atoms with E-state index in [0.29, 0.717) is 32.5 Å². The molecule has 0 bridgehead atoms. The van der Waals surface area contributed by atoms with Gasteiger partial charge >= 0.3 is 0 Å². The number of benzene rings is 1.